The van der Waals surface area contributed by atoms with E-state index in [9.17, 15) is 4.79 Å². The number of fused-ring (bicyclic) bond motifs is 3. The molecule has 0 N–H and O–H groups in total. The Morgan fingerprint density at radius 1 is 1.25 bits per heavy atom. The number of piperidine rings is 1. The summed E-state index contributed by atoms with van der Waals surface area (Å²) in [5, 5.41) is 4.32. The van der Waals surface area contributed by atoms with Gasteiger partial charge < -0.3 is 14.0 Å². The predicted molar refractivity (Wildman–Crippen MR) is 116 cm³/mol. The van der Waals surface area contributed by atoms with Gasteiger partial charge in [-0.25, -0.2) is 15.0 Å². The van der Waals surface area contributed by atoms with E-state index in [4.69, 9.17) is 9.51 Å². The second-order valence-corrected chi connectivity index (χ2v) is 9.77. The number of anilines is 1. The zero-order valence-corrected chi connectivity index (χ0v) is 17.7. The van der Waals surface area contributed by atoms with Crippen LogP contribution in [0.3, 0.4) is 0 Å². The zero-order valence-electron chi connectivity index (χ0n) is 16.9. The molecule has 4 aliphatic rings. The van der Waals surface area contributed by atoms with Crippen LogP contribution in [0.15, 0.2) is 45.7 Å². The van der Waals surface area contributed by atoms with Crippen LogP contribution in [0, 0.1) is 11.8 Å². The van der Waals surface area contributed by atoms with E-state index in [1.165, 1.54) is 21.3 Å². The number of benzene rings is 1. The maximum atomic E-state index is 12.8. The summed E-state index contributed by atoms with van der Waals surface area (Å²) in [4.78, 5) is 32.8. The van der Waals surface area contributed by atoms with E-state index >= 15 is 0 Å². The Hall–Kier alpha value is -3.60. The third-order valence-corrected chi connectivity index (χ3v) is 8.26. The summed E-state index contributed by atoms with van der Waals surface area (Å²) < 4.78 is 9.92. The van der Waals surface area contributed by atoms with Crippen molar-refractivity contribution in [3.8, 4) is 0 Å². The molecular formula is C21H16N8O2S. The van der Waals surface area contributed by atoms with E-state index in [1.54, 1.807) is 29.3 Å². The third kappa shape index (κ3) is 1.91. The minimum atomic E-state index is -0.174. The molecule has 4 atom stereocenters. The zero-order chi connectivity index (χ0) is 21.2. The van der Waals surface area contributed by atoms with Gasteiger partial charge in [0.25, 0.3) is 5.56 Å². The lowest BCUT2D eigenvalue weighted by atomic mass is 10.1. The number of thiazole rings is 1. The van der Waals surface area contributed by atoms with E-state index in [2.05, 4.69) is 43.2 Å². The molecule has 1 unspecified atom stereocenters. The van der Waals surface area contributed by atoms with Crippen LogP contribution >= 0.6 is 11.3 Å². The standard InChI is InChI=1S/C21H16N8O2S/c1-27-7-22-18-16(27)19(30)28(8-23-18)6-14-25-20(26-31-14)21-11-5-29(17(21)15(11)21)10-2-3-13-12(4-10)24-9-32-13/h2-4,7-9,11,15,17H,5-6H2,1H3/t11-,15-,17?,21-/m1/s1. The Labute approximate surface area is 184 Å². The molecule has 32 heavy (non-hydrogen) atoms. The van der Waals surface area contributed by atoms with Gasteiger partial charge in [0.15, 0.2) is 17.0 Å². The summed E-state index contributed by atoms with van der Waals surface area (Å²) in [6.45, 7) is 1.20. The second kappa shape index (κ2) is 5.41. The number of aromatic nitrogens is 7. The van der Waals surface area contributed by atoms with Crippen LogP contribution in [0.2, 0.25) is 0 Å². The van der Waals surface area contributed by atoms with Crippen molar-refractivity contribution in [2.45, 2.75) is 18.0 Å². The molecule has 6 heterocycles. The topological polar surface area (TPSA) is 108 Å². The molecule has 5 aromatic rings. The summed E-state index contributed by atoms with van der Waals surface area (Å²) in [5.41, 5.74) is 4.88. The average molecular weight is 444 g/mol. The molecule has 1 aromatic carbocycles. The van der Waals surface area contributed by atoms with Crippen molar-refractivity contribution >= 4 is 38.4 Å². The first-order chi connectivity index (χ1) is 15.7. The molecule has 0 spiro atoms. The smallest absolute Gasteiger partial charge is 0.280 e. The fraction of sp³-hybridized carbons (Fsp3) is 0.333. The average Bonchev–Trinajstić information content (AvgIpc) is 3.30. The van der Waals surface area contributed by atoms with Crippen molar-refractivity contribution in [3.63, 3.8) is 0 Å². The molecule has 0 radical (unpaired) electrons. The molecule has 4 aromatic heterocycles. The van der Waals surface area contributed by atoms with E-state index in [1.807, 2.05) is 5.51 Å². The van der Waals surface area contributed by atoms with Crippen LogP contribution in [-0.4, -0.2) is 46.8 Å². The van der Waals surface area contributed by atoms with Crippen molar-refractivity contribution in [2.24, 2.45) is 18.9 Å². The quantitative estimate of drug-likeness (QED) is 0.411. The maximum absolute atomic E-state index is 12.8. The molecule has 9 rings (SSSR count). The highest BCUT2D eigenvalue weighted by molar-refractivity contribution is 7.16. The first kappa shape index (κ1) is 17.0. The van der Waals surface area contributed by atoms with E-state index in [0.29, 0.717) is 34.9 Å². The van der Waals surface area contributed by atoms with E-state index in [-0.39, 0.29) is 17.5 Å². The third-order valence-electron chi connectivity index (χ3n) is 7.45. The second-order valence-electron chi connectivity index (χ2n) is 8.88. The summed E-state index contributed by atoms with van der Waals surface area (Å²) >= 11 is 1.66. The van der Waals surface area contributed by atoms with Crippen molar-refractivity contribution in [3.05, 3.63) is 58.4 Å². The number of hydrogen-bond donors (Lipinski definition) is 0. The predicted octanol–water partition coefficient (Wildman–Crippen LogP) is 1.56. The largest absolute Gasteiger partial charge is 0.367 e. The van der Waals surface area contributed by atoms with Crippen molar-refractivity contribution < 1.29 is 4.52 Å². The highest BCUT2D eigenvalue weighted by Gasteiger charge is 2.95. The summed E-state index contributed by atoms with van der Waals surface area (Å²) in [6.07, 6.45) is 3.07. The molecule has 2 aliphatic carbocycles. The molecule has 158 valence electrons. The maximum Gasteiger partial charge on any atom is 0.280 e. The monoisotopic (exact) mass is 444 g/mol. The molecule has 0 amide bonds. The van der Waals surface area contributed by atoms with Gasteiger partial charge in [0, 0.05) is 31.2 Å². The van der Waals surface area contributed by atoms with E-state index < -0.39 is 0 Å². The normalized spacial score (nSPS) is 27.4. The van der Waals surface area contributed by atoms with Crippen LogP contribution in [0.5, 0.6) is 0 Å². The summed E-state index contributed by atoms with van der Waals surface area (Å²) in [6, 6.07) is 6.93. The van der Waals surface area contributed by atoms with Crippen molar-refractivity contribution in [2.75, 3.05) is 11.4 Å². The molecule has 2 saturated heterocycles. The highest BCUT2D eigenvalue weighted by atomic mass is 32.1. The van der Waals surface area contributed by atoms with Gasteiger partial charge in [0.1, 0.15) is 12.9 Å². The first-order valence-electron chi connectivity index (χ1n) is 10.5. The molecule has 2 aliphatic heterocycles. The molecule has 2 saturated carbocycles. The van der Waals surface area contributed by atoms with Gasteiger partial charge in [-0.05, 0) is 24.1 Å². The fourth-order valence-electron chi connectivity index (χ4n) is 5.85. The number of hydrogen-bond acceptors (Lipinski definition) is 9. The fourth-order valence-corrected chi connectivity index (χ4v) is 6.51. The molecule has 4 fully saturated rings. The van der Waals surface area contributed by atoms with Gasteiger partial charge in [-0.2, -0.15) is 4.98 Å². The Morgan fingerprint density at radius 3 is 3.06 bits per heavy atom. The van der Waals surface area contributed by atoms with Gasteiger partial charge in [0.05, 0.1) is 27.5 Å². The van der Waals surface area contributed by atoms with Gasteiger partial charge >= 0.3 is 0 Å². The molecular weight excluding hydrogens is 428 g/mol. The lowest BCUT2D eigenvalue weighted by Crippen LogP contribution is -2.23. The van der Waals surface area contributed by atoms with Gasteiger partial charge in [-0.15, -0.1) is 11.3 Å². The molecule has 11 heteroatoms. The molecule has 2 bridgehead atoms. The van der Waals surface area contributed by atoms with Crippen LogP contribution in [0.1, 0.15) is 11.7 Å². The van der Waals surface area contributed by atoms with Crippen molar-refractivity contribution in [1.82, 2.24) is 34.2 Å². The number of rotatable bonds is 4. The Bertz CT molecular complexity index is 1630. The number of imidazole rings is 1. The lowest BCUT2D eigenvalue weighted by Gasteiger charge is -2.18. The van der Waals surface area contributed by atoms with Crippen LogP contribution in [0.4, 0.5) is 5.69 Å². The van der Waals surface area contributed by atoms with Crippen molar-refractivity contribution in [1.29, 1.82) is 0 Å². The highest BCUT2D eigenvalue weighted by Crippen LogP contribution is 2.85. The van der Waals surface area contributed by atoms with Gasteiger partial charge in [-0.1, -0.05) is 5.16 Å². The number of nitrogens with zero attached hydrogens (tertiary/aromatic N) is 8. The van der Waals surface area contributed by atoms with Crippen LogP contribution in [-0.2, 0) is 19.0 Å². The van der Waals surface area contributed by atoms with Crippen LogP contribution < -0.4 is 10.5 Å². The Morgan fingerprint density at radius 2 is 2.16 bits per heavy atom. The van der Waals surface area contributed by atoms with Crippen LogP contribution in [0.25, 0.3) is 21.4 Å². The molecule has 10 nitrogen and oxygen atoms in total. The Balaban J connectivity index is 1.08. The van der Waals surface area contributed by atoms with Gasteiger partial charge in [-0.3, -0.25) is 9.36 Å². The number of aryl methyl sites for hydroxylation is 1. The van der Waals surface area contributed by atoms with E-state index in [0.717, 1.165) is 17.9 Å². The summed E-state index contributed by atoms with van der Waals surface area (Å²) in [5.74, 6) is 2.35. The lowest BCUT2D eigenvalue weighted by molar-refractivity contribution is 0.362. The minimum Gasteiger partial charge on any atom is -0.367 e. The Kier molecular flexibility index (Phi) is 2.88. The van der Waals surface area contributed by atoms with Gasteiger partial charge in [0.2, 0.25) is 5.89 Å². The summed E-state index contributed by atoms with van der Waals surface area (Å²) in [7, 11) is 1.78. The SMILES string of the molecule is Cn1cnc2ncn(Cc3nc([C@@]45C6[C@H]4[C@H]5CN6c4ccc5scnc5c4)no3)c(=O)c21. The first-order valence-corrected chi connectivity index (χ1v) is 11.3. The minimum absolute atomic E-state index is 0.00792.